The van der Waals surface area contributed by atoms with E-state index in [0.29, 0.717) is 16.8 Å². The molecule has 118 valence electrons. The average molecular weight is 316 g/mol. The number of benzene rings is 2. The molecule has 1 heterocycles. The number of aliphatic hydroxyl groups is 1. The zero-order valence-electron chi connectivity index (χ0n) is 12.3. The Morgan fingerprint density at radius 2 is 2.00 bits per heavy atom. The number of hydrogen-bond donors (Lipinski definition) is 2. The Morgan fingerprint density at radius 1 is 1.17 bits per heavy atom. The lowest BCUT2D eigenvalue weighted by molar-refractivity contribution is 0.210. The molecule has 0 saturated heterocycles. The summed E-state index contributed by atoms with van der Waals surface area (Å²) in [6, 6.07) is 10.2. The van der Waals surface area contributed by atoms with Crippen LogP contribution in [0.1, 0.15) is 17.5 Å². The summed E-state index contributed by atoms with van der Waals surface area (Å²) in [4.78, 5) is 7.01. The third-order valence-corrected chi connectivity index (χ3v) is 3.48. The Hall–Kier alpha value is -2.73. The molecule has 1 aromatic heterocycles. The second kappa shape index (κ2) is 6.18. The Kier molecular flexibility index (Phi) is 4.08. The Morgan fingerprint density at radius 3 is 2.70 bits per heavy atom. The first kappa shape index (κ1) is 15.2. The molecular formula is C17H14F2N2O2. The highest BCUT2D eigenvalue weighted by Crippen LogP contribution is 2.26. The molecule has 3 aromatic rings. The zero-order chi connectivity index (χ0) is 16.4. The Labute approximate surface area is 131 Å². The van der Waals surface area contributed by atoms with Crippen LogP contribution in [0.2, 0.25) is 0 Å². The number of H-pyrrole nitrogens is 1. The van der Waals surface area contributed by atoms with Crippen LogP contribution in [0.15, 0.2) is 48.7 Å². The molecule has 0 saturated carbocycles. The molecule has 4 nitrogen and oxygen atoms in total. The molecular weight excluding hydrogens is 302 g/mol. The molecule has 23 heavy (non-hydrogen) atoms. The molecule has 0 amide bonds. The van der Waals surface area contributed by atoms with Crippen LogP contribution < -0.4 is 4.74 Å². The molecule has 2 N–H and O–H groups in total. The molecule has 0 spiro atoms. The fourth-order valence-electron chi connectivity index (χ4n) is 2.29. The van der Waals surface area contributed by atoms with Crippen molar-refractivity contribution < 1.29 is 18.6 Å². The first-order chi connectivity index (χ1) is 11.1. The average Bonchev–Trinajstić information content (AvgIpc) is 3.04. The van der Waals surface area contributed by atoms with Crippen LogP contribution in [0.4, 0.5) is 8.78 Å². The summed E-state index contributed by atoms with van der Waals surface area (Å²) >= 11 is 0. The van der Waals surface area contributed by atoms with Crippen LogP contribution in [-0.2, 0) is 0 Å². The van der Waals surface area contributed by atoms with Crippen molar-refractivity contribution >= 4 is 0 Å². The fourth-order valence-corrected chi connectivity index (χ4v) is 2.29. The van der Waals surface area contributed by atoms with Gasteiger partial charge in [0.25, 0.3) is 0 Å². The van der Waals surface area contributed by atoms with Gasteiger partial charge in [0.1, 0.15) is 17.7 Å². The van der Waals surface area contributed by atoms with Gasteiger partial charge in [-0.15, -0.1) is 0 Å². The number of halogens is 2. The Balaban J connectivity index is 1.89. The lowest BCUT2D eigenvalue weighted by Crippen LogP contribution is -2.03. The van der Waals surface area contributed by atoms with Crippen molar-refractivity contribution in [1.82, 2.24) is 9.97 Å². The number of rotatable bonds is 4. The summed E-state index contributed by atoms with van der Waals surface area (Å²) in [7, 11) is 1.37. The maximum atomic E-state index is 13.7. The molecule has 1 atom stereocenters. The van der Waals surface area contributed by atoms with Crippen molar-refractivity contribution in [3.8, 4) is 17.0 Å². The number of nitrogens with one attached hydrogen (secondary N) is 1. The molecule has 0 radical (unpaired) electrons. The monoisotopic (exact) mass is 316 g/mol. The molecule has 3 rings (SSSR count). The smallest absolute Gasteiger partial charge is 0.165 e. The predicted molar refractivity (Wildman–Crippen MR) is 81.0 cm³/mol. The number of ether oxygens (including phenoxy) is 1. The van der Waals surface area contributed by atoms with Crippen LogP contribution >= 0.6 is 0 Å². The molecule has 0 fully saturated rings. The standard InChI is InChI=1S/C17H14F2N2O2/c1-23-15-6-5-11(8-13(15)19)16(22)17-20-9-14(21-17)10-3-2-4-12(18)7-10/h2-9,16,22H,1H3,(H,20,21). The summed E-state index contributed by atoms with van der Waals surface area (Å²) in [5, 5.41) is 10.3. The first-order valence-corrected chi connectivity index (χ1v) is 6.91. The van der Waals surface area contributed by atoms with E-state index < -0.39 is 11.9 Å². The SMILES string of the molecule is COc1ccc(C(O)c2ncc(-c3cccc(F)c3)[nH]2)cc1F. The summed E-state index contributed by atoms with van der Waals surface area (Å²) in [6.07, 6.45) is 0.366. The molecule has 2 aromatic carbocycles. The van der Waals surface area contributed by atoms with Crippen molar-refractivity contribution in [2.75, 3.05) is 7.11 Å². The van der Waals surface area contributed by atoms with Gasteiger partial charge in [-0.05, 0) is 29.8 Å². The molecule has 0 aliphatic heterocycles. The lowest BCUT2D eigenvalue weighted by Gasteiger charge is -2.10. The lowest BCUT2D eigenvalue weighted by atomic mass is 10.1. The van der Waals surface area contributed by atoms with Gasteiger partial charge < -0.3 is 14.8 Å². The highest BCUT2D eigenvalue weighted by atomic mass is 19.1. The predicted octanol–water partition coefficient (Wildman–Crippen LogP) is 3.45. The molecule has 0 bridgehead atoms. The van der Waals surface area contributed by atoms with Gasteiger partial charge in [0.05, 0.1) is 19.0 Å². The van der Waals surface area contributed by atoms with Crippen LogP contribution in [0.5, 0.6) is 5.75 Å². The number of aromatic nitrogens is 2. The normalized spacial score (nSPS) is 12.2. The van der Waals surface area contributed by atoms with Gasteiger partial charge in [-0.3, -0.25) is 0 Å². The van der Waals surface area contributed by atoms with Crippen LogP contribution in [0.25, 0.3) is 11.3 Å². The van der Waals surface area contributed by atoms with E-state index in [1.54, 1.807) is 18.2 Å². The highest BCUT2D eigenvalue weighted by Gasteiger charge is 2.17. The minimum atomic E-state index is -1.13. The number of nitrogens with zero attached hydrogens (tertiary/aromatic N) is 1. The van der Waals surface area contributed by atoms with Gasteiger partial charge in [0.15, 0.2) is 11.6 Å². The van der Waals surface area contributed by atoms with E-state index in [0.717, 1.165) is 0 Å². The maximum absolute atomic E-state index is 13.7. The van der Waals surface area contributed by atoms with E-state index in [2.05, 4.69) is 9.97 Å². The summed E-state index contributed by atoms with van der Waals surface area (Å²) in [5.41, 5.74) is 1.51. The number of aliphatic hydroxyl groups excluding tert-OH is 1. The van der Waals surface area contributed by atoms with E-state index in [1.807, 2.05) is 0 Å². The molecule has 0 aliphatic rings. The van der Waals surface area contributed by atoms with Crippen LogP contribution in [0, 0.1) is 11.6 Å². The van der Waals surface area contributed by atoms with Gasteiger partial charge >= 0.3 is 0 Å². The van der Waals surface area contributed by atoms with Gasteiger partial charge in [-0.25, -0.2) is 13.8 Å². The van der Waals surface area contributed by atoms with E-state index in [4.69, 9.17) is 4.74 Å². The molecule has 1 unspecified atom stereocenters. The van der Waals surface area contributed by atoms with E-state index in [-0.39, 0.29) is 17.4 Å². The minimum absolute atomic E-state index is 0.0980. The fraction of sp³-hybridized carbons (Fsp3) is 0.118. The van der Waals surface area contributed by atoms with E-state index >= 15 is 0 Å². The van der Waals surface area contributed by atoms with Crippen molar-refractivity contribution in [2.45, 2.75) is 6.10 Å². The van der Waals surface area contributed by atoms with Gasteiger partial charge in [0.2, 0.25) is 0 Å². The minimum Gasteiger partial charge on any atom is -0.494 e. The van der Waals surface area contributed by atoms with Crippen molar-refractivity contribution in [1.29, 1.82) is 0 Å². The van der Waals surface area contributed by atoms with E-state index in [9.17, 15) is 13.9 Å². The quantitative estimate of drug-likeness (QED) is 0.775. The number of aromatic amines is 1. The number of methoxy groups -OCH3 is 1. The largest absolute Gasteiger partial charge is 0.494 e. The van der Waals surface area contributed by atoms with Crippen molar-refractivity contribution in [2.24, 2.45) is 0 Å². The summed E-state index contributed by atoms with van der Waals surface area (Å²) in [6.45, 7) is 0. The van der Waals surface area contributed by atoms with Crippen molar-refractivity contribution in [3.05, 3.63) is 71.7 Å². The zero-order valence-corrected chi connectivity index (χ0v) is 12.3. The van der Waals surface area contributed by atoms with Crippen LogP contribution in [0.3, 0.4) is 0 Å². The van der Waals surface area contributed by atoms with Gasteiger partial charge in [0, 0.05) is 5.56 Å². The summed E-state index contributed by atoms with van der Waals surface area (Å²) in [5.74, 6) is -0.591. The van der Waals surface area contributed by atoms with Gasteiger partial charge in [-0.1, -0.05) is 18.2 Å². The third-order valence-electron chi connectivity index (χ3n) is 3.48. The topological polar surface area (TPSA) is 58.1 Å². The maximum Gasteiger partial charge on any atom is 0.165 e. The van der Waals surface area contributed by atoms with Crippen LogP contribution in [-0.4, -0.2) is 22.2 Å². The third kappa shape index (κ3) is 3.07. The van der Waals surface area contributed by atoms with Gasteiger partial charge in [-0.2, -0.15) is 0 Å². The number of imidazole rings is 1. The van der Waals surface area contributed by atoms with E-state index in [1.165, 1.54) is 37.6 Å². The molecule has 0 aliphatic carbocycles. The number of hydrogen-bond acceptors (Lipinski definition) is 3. The Bertz CT molecular complexity index is 833. The molecule has 6 heteroatoms. The van der Waals surface area contributed by atoms with Crippen molar-refractivity contribution in [3.63, 3.8) is 0 Å². The first-order valence-electron chi connectivity index (χ1n) is 6.91. The highest BCUT2D eigenvalue weighted by molar-refractivity contribution is 5.58. The second-order valence-corrected chi connectivity index (χ2v) is 4.99. The summed E-state index contributed by atoms with van der Waals surface area (Å²) < 4.78 is 31.8. The second-order valence-electron chi connectivity index (χ2n) is 4.99.